The maximum Gasteiger partial charge on any atom is 0.490 e. The summed E-state index contributed by atoms with van der Waals surface area (Å²) in [5, 5.41) is 14.8. The van der Waals surface area contributed by atoms with Gasteiger partial charge in [-0.05, 0) is 18.9 Å². The van der Waals surface area contributed by atoms with Gasteiger partial charge in [-0.2, -0.15) is 13.9 Å². The van der Waals surface area contributed by atoms with Gasteiger partial charge in [0.15, 0.2) is 0 Å². The Labute approximate surface area is 209 Å². The molecule has 19 nitrogen and oxygen atoms in total. The first-order valence-corrected chi connectivity index (χ1v) is 14.6. The number of azide groups is 1. The van der Waals surface area contributed by atoms with Crippen molar-refractivity contribution in [3.05, 3.63) is 34.6 Å². The largest absolute Gasteiger partial charge is 0.490 e. The van der Waals surface area contributed by atoms with Gasteiger partial charge in [-0.15, -0.1) is 0 Å². The highest BCUT2D eigenvalue weighted by atomic mass is 31.3. The number of rotatable bonds is 13. The molecular weight excluding hydrogens is 565 g/mol. The summed E-state index contributed by atoms with van der Waals surface area (Å²) in [4.78, 5) is 52.2. The van der Waals surface area contributed by atoms with Crippen molar-refractivity contribution in [2.45, 2.75) is 50.8 Å². The number of nitrogens with zero attached hydrogens (tertiary/aromatic N) is 5. The Morgan fingerprint density at radius 3 is 2.62 bits per heavy atom. The molecule has 2 aliphatic heterocycles. The lowest BCUT2D eigenvalue weighted by atomic mass is 10.1. The average Bonchev–Trinajstić information content (AvgIpc) is 3.13. The molecule has 0 aromatic rings. The zero-order valence-corrected chi connectivity index (χ0v) is 21.6. The summed E-state index contributed by atoms with van der Waals surface area (Å²) < 4.78 is 58.0. The van der Waals surface area contributed by atoms with Crippen LogP contribution >= 0.6 is 23.5 Å². The fraction of sp³-hybridized carbons (Fsp3) is 0.600. The smallest absolute Gasteiger partial charge is 0.366 e. The highest BCUT2D eigenvalue weighted by molar-refractivity contribution is 7.66. The quantitative estimate of drug-likeness (QED) is 0.0883. The van der Waals surface area contributed by atoms with Crippen molar-refractivity contribution in [2.75, 3.05) is 6.61 Å². The van der Waals surface area contributed by atoms with Crippen molar-refractivity contribution >= 4 is 29.4 Å². The van der Waals surface area contributed by atoms with Gasteiger partial charge < -0.3 is 39.3 Å². The number of nitriles is 1. The van der Waals surface area contributed by atoms with E-state index in [2.05, 4.69) is 35.1 Å². The third-order valence-electron chi connectivity index (χ3n) is 4.58. The van der Waals surface area contributed by atoms with Crippen LogP contribution in [0.4, 0.5) is 0 Å². The van der Waals surface area contributed by atoms with Crippen molar-refractivity contribution in [2.24, 2.45) is 5.11 Å². The van der Waals surface area contributed by atoms with Crippen LogP contribution in [0.1, 0.15) is 26.2 Å². The van der Waals surface area contributed by atoms with Crippen molar-refractivity contribution < 1.29 is 60.7 Å². The maximum absolute atomic E-state index is 12.1. The third-order valence-corrected chi connectivity index (χ3v) is 8.39. The van der Waals surface area contributed by atoms with Gasteiger partial charge in [-0.1, -0.05) is 11.7 Å². The molecule has 2 heterocycles. The molecule has 0 spiro atoms. The predicted molar refractivity (Wildman–Crippen MR) is 119 cm³/mol. The van der Waals surface area contributed by atoms with Gasteiger partial charge in [0.2, 0.25) is 0 Å². The maximum atomic E-state index is 12.1. The Balaban J connectivity index is 2.21. The second-order valence-electron chi connectivity index (χ2n) is 7.40. The summed E-state index contributed by atoms with van der Waals surface area (Å²) in [7, 11) is -16.8. The third kappa shape index (κ3) is 9.93. The summed E-state index contributed by atoms with van der Waals surface area (Å²) in [6.45, 7) is 4.39. The van der Waals surface area contributed by atoms with Crippen LogP contribution in [0.5, 0.6) is 0 Å². The Bertz CT molecular complexity index is 1160. The number of hydrogen-bond donors (Lipinski definition) is 5. The number of ether oxygens (including phenoxy) is 2. The minimum absolute atomic E-state index is 0.00416. The number of amides is 1. The number of nitrogens with one attached hydrogen (secondary N) is 1. The van der Waals surface area contributed by atoms with Gasteiger partial charge in [-0.25, -0.2) is 13.7 Å². The van der Waals surface area contributed by atoms with Gasteiger partial charge >= 0.3 is 23.5 Å². The van der Waals surface area contributed by atoms with Crippen molar-refractivity contribution in [3.8, 4) is 6.07 Å². The summed E-state index contributed by atoms with van der Waals surface area (Å²) in [6.07, 6.45) is -2.92. The fourth-order valence-corrected chi connectivity index (χ4v) is 6.16. The monoisotopic (exact) mass is 588 g/mol. The highest BCUT2D eigenvalue weighted by Crippen LogP contribution is 2.66. The van der Waals surface area contributed by atoms with Crippen LogP contribution < -0.4 is 5.32 Å². The van der Waals surface area contributed by atoms with E-state index in [4.69, 9.17) is 30.1 Å². The normalized spacial score (nSPS) is 26.2. The minimum atomic E-state index is -5.74. The lowest BCUT2D eigenvalue weighted by Crippen LogP contribution is -2.42. The first-order chi connectivity index (χ1) is 17.1. The number of carbonyl (C=O) groups excluding carboxylic acids is 1. The Hall–Kier alpha value is -2.12. The molecule has 5 N–H and O–H groups in total. The van der Waals surface area contributed by atoms with Crippen LogP contribution in [0.15, 0.2) is 29.3 Å². The van der Waals surface area contributed by atoms with Crippen molar-refractivity contribution in [3.63, 3.8) is 0 Å². The van der Waals surface area contributed by atoms with Gasteiger partial charge in [0.1, 0.15) is 24.4 Å². The molecule has 0 aromatic heterocycles. The standard InChI is InChI=1S/C15H23N6O13P3/c1-9-7-21(10(2)18-15(9)22)14-6-11(31-13(19-20-17)4-3-5-16)12(32-14)8-30-36(26,27)34-37(28,29)33-35(23,24)25/h7,11-14H,2-4,6,8H2,1H3,(H,18,22)(H,26,27)(H,28,29)(H2,23,24,25)/t11?,12-,13?,14-/m1/s1. The van der Waals surface area contributed by atoms with Crippen molar-refractivity contribution in [1.29, 1.82) is 5.26 Å². The Kier molecular flexibility index (Phi) is 10.6. The van der Waals surface area contributed by atoms with Crippen LogP contribution in [-0.4, -0.2) is 61.7 Å². The summed E-state index contributed by atoms with van der Waals surface area (Å²) in [5.74, 6) is -0.278. The first kappa shape index (κ1) is 31.1. The average molecular weight is 588 g/mol. The van der Waals surface area contributed by atoms with E-state index >= 15 is 0 Å². The van der Waals surface area contributed by atoms with Gasteiger partial charge in [-0.3, -0.25) is 9.32 Å². The molecule has 1 amide bonds. The molecule has 2 rings (SSSR count). The molecule has 6 atom stereocenters. The molecule has 0 aliphatic carbocycles. The van der Waals surface area contributed by atoms with E-state index in [0.717, 1.165) is 0 Å². The van der Waals surface area contributed by atoms with E-state index in [-0.39, 0.29) is 25.1 Å². The van der Waals surface area contributed by atoms with Crippen molar-refractivity contribution in [1.82, 2.24) is 10.2 Å². The molecule has 22 heteroatoms. The SMILES string of the molecule is C=C1NC(=O)C(C)=CN1[C@H]1CC(OC(CCC#N)N=[N+]=[N-])[C@@H](COP(=O)(O)OP(=O)(O)OP(=O)(O)O)O1. The second kappa shape index (κ2) is 12.6. The van der Waals surface area contributed by atoms with Crippen LogP contribution in [-0.2, 0) is 41.1 Å². The Morgan fingerprint density at radius 2 is 2.03 bits per heavy atom. The molecular formula is C15H23N6O13P3. The summed E-state index contributed by atoms with van der Waals surface area (Å²) in [6, 6.07) is 1.86. The zero-order chi connectivity index (χ0) is 28.0. The van der Waals surface area contributed by atoms with Gasteiger partial charge in [0.05, 0.1) is 18.8 Å². The summed E-state index contributed by atoms with van der Waals surface area (Å²) in [5.41, 5.74) is 9.08. The molecule has 0 saturated carbocycles. The molecule has 1 fully saturated rings. The van der Waals surface area contributed by atoms with E-state index in [1.54, 1.807) is 0 Å². The minimum Gasteiger partial charge on any atom is -0.366 e. The fourth-order valence-electron chi connectivity index (χ4n) is 3.13. The number of phosphoric ester groups is 1. The zero-order valence-electron chi connectivity index (χ0n) is 19.0. The Morgan fingerprint density at radius 1 is 1.35 bits per heavy atom. The van der Waals surface area contributed by atoms with E-state index in [0.29, 0.717) is 5.57 Å². The number of carbonyl (C=O) groups is 1. The molecule has 206 valence electrons. The van der Waals surface area contributed by atoms with E-state index in [1.165, 1.54) is 18.0 Å². The number of hydrogen-bond acceptors (Lipinski definition) is 12. The highest BCUT2D eigenvalue weighted by Gasteiger charge is 2.45. The molecule has 37 heavy (non-hydrogen) atoms. The van der Waals surface area contributed by atoms with Crippen LogP contribution in [0.25, 0.3) is 10.4 Å². The topological polar surface area (TPSA) is 283 Å². The first-order valence-electron chi connectivity index (χ1n) is 10.0. The van der Waals surface area contributed by atoms with Crippen LogP contribution in [0, 0.1) is 11.3 Å². The van der Waals surface area contributed by atoms with E-state index in [1.807, 2.05) is 6.07 Å². The van der Waals surface area contributed by atoms with E-state index < -0.39 is 60.6 Å². The van der Waals surface area contributed by atoms with Gasteiger partial charge in [0.25, 0.3) is 5.91 Å². The predicted octanol–water partition coefficient (Wildman–Crippen LogP) is 1.58. The summed E-state index contributed by atoms with van der Waals surface area (Å²) >= 11 is 0. The molecule has 0 radical (unpaired) electrons. The van der Waals surface area contributed by atoms with E-state index in [9.17, 15) is 28.3 Å². The lowest BCUT2D eigenvalue weighted by molar-refractivity contribution is -0.119. The molecule has 2 aliphatic rings. The molecule has 1 saturated heterocycles. The molecule has 4 unspecified atom stereocenters. The van der Waals surface area contributed by atoms with Gasteiger partial charge in [0, 0.05) is 29.5 Å². The van der Waals surface area contributed by atoms with Crippen LogP contribution in [0.3, 0.4) is 0 Å². The lowest BCUT2D eigenvalue weighted by Gasteiger charge is -2.32. The van der Waals surface area contributed by atoms with Crippen LogP contribution in [0.2, 0.25) is 0 Å². The number of phosphoric acid groups is 3. The molecule has 0 aromatic carbocycles. The molecule has 0 bridgehead atoms. The second-order valence-corrected chi connectivity index (χ2v) is 11.8.